The average Bonchev–Trinajstić information content (AvgIpc) is 2.94. The van der Waals surface area contributed by atoms with Crippen LogP contribution < -0.4 is 5.32 Å². The molecule has 1 aliphatic carbocycles. The summed E-state index contributed by atoms with van der Waals surface area (Å²) in [5.41, 5.74) is 0.759. The predicted octanol–water partition coefficient (Wildman–Crippen LogP) is 3.50. The SMILES string of the molecule is O=C(CCN1C(C(=O)O)CC2CCCCC21)Nc1ccc(Br)cc1. The number of amides is 1. The van der Waals surface area contributed by atoms with Gasteiger partial charge in [0.2, 0.25) is 5.91 Å². The first-order valence-electron chi connectivity index (χ1n) is 8.58. The number of hydrogen-bond acceptors (Lipinski definition) is 3. The van der Waals surface area contributed by atoms with E-state index < -0.39 is 12.0 Å². The van der Waals surface area contributed by atoms with Crippen LogP contribution in [0.3, 0.4) is 0 Å². The molecule has 130 valence electrons. The maximum atomic E-state index is 12.2. The Balaban J connectivity index is 1.58. The van der Waals surface area contributed by atoms with Crippen LogP contribution in [0.25, 0.3) is 0 Å². The minimum atomic E-state index is -0.752. The monoisotopic (exact) mass is 394 g/mol. The number of rotatable bonds is 5. The van der Waals surface area contributed by atoms with Crippen LogP contribution in [0.1, 0.15) is 38.5 Å². The van der Waals surface area contributed by atoms with Crippen molar-refractivity contribution in [3.63, 3.8) is 0 Å². The molecule has 5 nitrogen and oxygen atoms in total. The Hall–Kier alpha value is -1.40. The topological polar surface area (TPSA) is 69.6 Å². The van der Waals surface area contributed by atoms with E-state index in [-0.39, 0.29) is 5.91 Å². The maximum absolute atomic E-state index is 12.2. The second-order valence-corrected chi connectivity index (χ2v) is 7.66. The van der Waals surface area contributed by atoms with Gasteiger partial charge in [0.15, 0.2) is 0 Å². The number of likely N-dealkylation sites (tertiary alicyclic amines) is 1. The van der Waals surface area contributed by atoms with Crippen LogP contribution in [-0.2, 0) is 9.59 Å². The number of anilines is 1. The number of aliphatic carboxylic acids is 1. The summed E-state index contributed by atoms with van der Waals surface area (Å²) in [6.07, 6.45) is 5.59. The van der Waals surface area contributed by atoms with E-state index >= 15 is 0 Å². The summed E-state index contributed by atoms with van der Waals surface area (Å²) in [6.45, 7) is 0.514. The fourth-order valence-electron chi connectivity index (χ4n) is 4.10. The number of nitrogens with zero attached hydrogens (tertiary/aromatic N) is 1. The Labute approximate surface area is 150 Å². The third-order valence-corrected chi connectivity index (χ3v) is 5.76. The molecular weight excluding hydrogens is 372 g/mol. The van der Waals surface area contributed by atoms with E-state index in [9.17, 15) is 14.7 Å². The highest BCUT2D eigenvalue weighted by Gasteiger charge is 2.44. The minimum Gasteiger partial charge on any atom is -0.480 e. The molecular formula is C18H23BrN2O3. The van der Waals surface area contributed by atoms with Crippen LogP contribution >= 0.6 is 15.9 Å². The van der Waals surface area contributed by atoms with Crippen molar-refractivity contribution in [2.75, 3.05) is 11.9 Å². The van der Waals surface area contributed by atoms with Crippen LogP contribution in [0.4, 0.5) is 5.69 Å². The molecule has 0 bridgehead atoms. The number of carbonyl (C=O) groups excluding carboxylic acids is 1. The quantitative estimate of drug-likeness (QED) is 0.801. The molecule has 0 radical (unpaired) electrons. The first kappa shape index (κ1) is 17.4. The molecule has 2 N–H and O–H groups in total. The molecule has 1 saturated carbocycles. The molecule has 0 spiro atoms. The number of nitrogens with one attached hydrogen (secondary N) is 1. The number of hydrogen-bond donors (Lipinski definition) is 2. The van der Waals surface area contributed by atoms with Gasteiger partial charge in [-0.3, -0.25) is 14.5 Å². The normalized spacial score (nSPS) is 26.8. The van der Waals surface area contributed by atoms with Crippen molar-refractivity contribution in [1.82, 2.24) is 4.90 Å². The molecule has 24 heavy (non-hydrogen) atoms. The Kier molecular flexibility index (Phi) is 5.56. The number of fused-ring (bicyclic) bond motifs is 1. The fourth-order valence-corrected chi connectivity index (χ4v) is 4.37. The zero-order valence-corrected chi connectivity index (χ0v) is 15.2. The number of carbonyl (C=O) groups is 2. The summed E-state index contributed by atoms with van der Waals surface area (Å²) < 4.78 is 0.963. The van der Waals surface area contributed by atoms with Gasteiger partial charge in [0.1, 0.15) is 6.04 Å². The predicted molar refractivity (Wildman–Crippen MR) is 95.9 cm³/mol. The third kappa shape index (κ3) is 3.98. The van der Waals surface area contributed by atoms with Gasteiger partial charge in [-0.2, -0.15) is 0 Å². The molecule has 0 aromatic heterocycles. The lowest BCUT2D eigenvalue weighted by atomic mass is 9.85. The smallest absolute Gasteiger partial charge is 0.320 e. The van der Waals surface area contributed by atoms with Gasteiger partial charge >= 0.3 is 5.97 Å². The van der Waals surface area contributed by atoms with Gasteiger partial charge in [0.05, 0.1) is 0 Å². The highest BCUT2D eigenvalue weighted by Crippen LogP contribution is 2.39. The molecule has 1 saturated heterocycles. The van der Waals surface area contributed by atoms with E-state index in [1.807, 2.05) is 24.3 Å². The van der Waals surface area contributed by atoms with E-state index in [1.165, 1.54) is 6.42 Å². The van der Waals surface area contributed by atoms with Crippen molar-refractivity contribution < 1.29 is 14.7 Å². The lowest BCUT2D eigenvalue weighted by molar-refractivity contribution is -0.143. The highest BCUT2D eigenvalue weighted by atomic mass is 79.9. The second kappa shape index (κ2) is 7.66. The minimum absolute atomic E-state index is 0.0688. The van der Waals surface area contributed by atoms with Crippen molar-refractivity contribution in [2.24, 2.45) is 5.92 Å². The lowest BCUT2D eigenvalue weighted by Crippen LogP contribution is -2.43. The van der Waals surface area contributed by atoms with Gasteiger partial charge in [-0.05, 0) is 49.4 Å². The largest absolute Gasteiger partial charge is 0.480 e. The molecule has 3 rings (SSSR count). The van der Waals surface area contributed by atoms with E-state index in [2.05, 4.69) is 26.1 Å². The zero-order valence-electron chi connectivity index (χ0n) is 13.6. The molecule has 1 aromatic rings. The maximum Gasteiger partial charge on any atom is 0.320 e. The summed E-state index contributed by atoms with van der Waals surface area (Å²) >= 11 is 3.36. The van der Waals surface area contributed by atoms with Gasteiger partial charge in [-0.25, -0.2) is 0 Å². The van der Waals surface area contributed by atoms with Crippen molar-refractivity contribution in [3.05, 3.63) is 28.7 Å². The van der Waals surface area contributed by atoms with Gasteiger partial charge in [0.25, 0.3) is 0 Å². The van der Waals surface area contributed by atoms with Crippen molar-refractivity contribution in [2.45, 2.75) is 50.6 Å². The Morgan fingerprint density at radius 1 is 1.21 bits per heavy atom. The molecule has 3 atom stereocenters. The number of carboxylic acid groups (broad SMARTS) is 1. The Morgan fingerprint density at radius 3 is 2.62 bits per heavy atom. The average molecular weight is 395 g/mol. The summed E-state index contributed by atoms with van der Waals surface area (Å²) in [5.74, 6) is -0.340. The zero-order chi connectivity index (χ0) is 17.1. The summed E-state index contributed by atoms with van der Waals surface area (Å²) in [5, 5.41) is 12.4. The molecule has 3 unspecified atom stereocenters. The lowest BCUT2D eigenvalue weighted by Gasteiger charge is -2.32. The van der Waals surface area contributed by atoms with Crippen molar-refractivity contribution in [3.8, 4) is 0 Å². The molecule has 2 fully saturated rings. The number of benzene rings is 1. The molecule has 1 aliphatic heterocycles. The fraction of sp³-hybridized carbons (Fsp3) is 0.556. The van der Waals surface area contributed by atoms with Crippen LogP contribution in [-0.4, -0.2) is 40.5 Å². The molecule has 1 aromatic carbocycles. The van der Waals surface area contributed by atoms with Crippen molar-refractivity contribution in [1.29, 1.82) is 0 Å². The highest BCUT2D eigenvalue weighted by molar-refractivity contribution is 9.10. The van der Waals surface area contributed by atoms with Crippen LogP contribution in [0.15, 0.2) is 28.7 Å². The first-order valence-corrected chi connectivity index (χ1v) is 9.38. The van der Waals surface area contributed by atoms with E-state index in [4.69, 9.17) is 0 Å². The van der Waals surface area contributed by atoms with Crippen LogP contribution in [0.5, 0.6) is 0 Å². The summed E-state index contributed by atoms with van der Waals surface area (Å²) in [7, 11) is 0. The molecule has 1 amide bonds. The molecule has 2 aliphatic rings. The van der Waals surface area contributed by atoms with Gasteiger partial charge in [0, 0.05) is 29.2 Å². The third-order valence-electron chi connectivity index (χ3n) is 5.23. The Morgan fingerprint density at radius 2 is 1.92 bits per heavy atom. The van der Waals surface area contributed by atoms with Gasteiger partial charge < -0.3 is 10.4 Å². The molecule has 1 heterocycles. The van der Waals surface area contributed by atoms with Gasteiger partial charge in [-0.15, -0.1) is 0 Å². The van der Waals surface area contributed by atoms with Crippen molar-refractivity contribution >= 4 is 33.5 Å². The number of halogens is 1. The summed E-state index contributed by atoms with van der Waals surface area (Å²) in [4.78, 5) is 25.8. The van der Waals surface area contributed by atoms with E-state index in [0.29, 0.717) is 24.9 Å². The van der Waals surface area contributed by atoms with E-state index in [1.54, 1.807) is 0 Å². The Bertz CT molecular complexity index is 605. The summed E-state index contributed by atoms with van der Waals surface area (Å²) in [6, 6.07) is 7.34. The number of carboxylic acids is 1. The second-order valence-electron chi connectivity index (χ2n) is 6.74. The van der Waals surface area contributed by atoms with E-state index in [0.717, 1.165) is 35.8 Å². The van der Waals surface area contributed by atoms with Crippen LogP contribution in [0.2, 0.25) is 0 Å². The van der Waals surface area contributed by atoms with Crippen LogP contribution in [0, 0.1) is 5.92 Å². The standard InChI is InChI=1S/C18H23BrN2O3/c19-13-5-7-14(8-6-13)20-17(22)9-10-21-15-4-2-1-3-12(15)11-16(21)18(23)24/h5-8,12,15-16H,1-4,9-11H2,(H,20,22)(H,23,24). The first-order chi connectivity index (χ1) is 11.5. The molecule has 6 heteroatoms. The van der Waals surface area contributed by atoms with Gasteiger partial charge in [-0.1, -0.05) is 28.8 Å².